The van der Waals surface area contributed by atoms with E-state index in [4.69, 9.17) is 17.3 Å². The SMILES string of the molecule is CCC(CC)c1ccc(CC2(N)CC2)cc1Cl. The van der Waals surface area contributed by atoms with Crippen molar-refractivity contribution in [3.05, 3.63) is 34.3 Å². The Labute approximate surface area is 109 Å². The maximum absolute atomic E-state index is 6.39. The van der Waals surface area contributed by atoms with Crippen molar-refractivity contribution in [2.75, 3.05) is 0 Å². The van der Waals surface area contributed by atoms with Crippen molar-refractivity contribution in [1.29, 1.82) is 0 Å². The Hall–Kier alpha value is -0.530. The second-order valence-corrected chi connectivity index (χ2v) is 5.82. The monoisotopic (exact) mass is 251 g/mol. The van der Waals surface area contributed by atoms with Gasteiger partial charge in [0.15, 0.2) is 0 Å². The molecule has 1 fully saturated rings. The van der Waals surface area contributed by atoms with Crippen LogP contribution in [0, 0.1) is 0 Å². The van der Waals surface area contributed by atoms with Crippen LogP contribution in [0.5, 0.6) is 0 Å². The highest BCUT2D eigenvalue weighted by molar-refractivity contribution is 6.31. The van der Waals surface area contributed by atoms with Gasteiger partial charge in [-0.1, -0.05) is 37.6 Å². The van der Waals surface area contributed by atoms with Crippen LogP contribution in [0.1, 0.15) is 56.6 Å². The largest absolute Gasteiger partial charge is 0.325 e. The van der Waals surface area contributed by atoms with E-state index in [9.17, 15) is 0 Å². The lowest BCUT2D eigenvalue weighted by atomic mass is 9.92. The average molecular weight is 252 g/mol. The molecular formula is C15H22ClN. The van der Waals surface area contributed by atoms with Gasteiger partial charge in [0.25, 0.3) is 0 Å². The molecule has 94 valence electrons. The van der Waals surface area contributed by atoms with Crippen molar-refractivity contribution in [2.24, 2.45) is 5.73 Å². The van der Waals surface area contributed by atoms with Crippen LogP contribution in [0.25, 0.3) is 0 Å². The Morgan fingerprint density at radius 1 is 1.29 bits per heavy atom. The van der Waals surface area contributed by atoms with Gasteiger partial charge in [0.05, 0.1) is 0 Å². The molecule has 1 aromatic rings. The second kappa shape index (κ2) is 4.99. The van der Waals surface area contributed by atoms with Crippen molar-refractivity contribution in [3.63, 3.8) is 0 Å². The fourth-order valence-electron chi connectivity index (χ4n) is 2.48. The first-order valence-corrected chi connectivity index (χ1v) is 7.03. The van der Waals surface area contributed by atoms with Gasteiger partial charge in [-0.2, -0.15) is 0 Å². The zero-order valence-corrected chi connectivity index (χ0v) is 11.6. The minimum absolute atomic E-state index is 0.0692. The molecule has 1 aliphatic rings. The fraction of sp³-hybridized carbons (Fsp3) is 0.600. The lowest BCUT2D eigenvalue weighted by Crippen LogP contribution is -2.24. The Morgan fingerprint density at radius 2 is 1.94 bits per heavy atom. The predicted molar refractivity (Wildman–Crippen MR) is 74.6 cm³/mol. The fourth-order valence-corrected chi connectivity index (χ4v) is 2.84. The summed E-state index contributed by atoms with van der Waals surface area (Å²) >= 11 is 6.39. The van der Waals surface area contributed by atoms with Crippen molar-refractivity contribution in [1.82, 2.24) is 0 Å². The maximum atomic E-state index is 6.39. The van der Waals surface area contributed by atoms with E-state index in [1.165, 1.54) is 11.1 Å². The zero-order chi connectivity index (χ0) is 12.5. The third kappa shape index (κ3) is 3.02. The number of halogens is 1. The van der Waals surface area contributed by atoms with Gasteiger partial charge in [-0.05, 0) is 55.2 Å². The quantitative estimate of drug-likeness (QED) is 0.831. The van der Waals surface area contributed by atoms with E-state index in [2.05, 4.69) is 32.0 Å². The molecule has 0 aromatic heterocycles. The molecule has 0 radical (unpaired) electrons. The Morgan fingerprint density at radius 3 is 2.41 bits per heavy atom. The van der Waals surface area contributed by atoms with Crippen LogP contribution < -0.4 is 5.73 Å². The van der Waals surface area contributed by atoms with Gasteiger partial charge in [0, 0.05) is 10.6 Å². The molecule has 17 heavy (non-hydrogen) atoms. The molecule has 0 bridgehead atoms. The van der Waals surface area contributed by atoms with Crippen LogP contribution in [-0.2, 0) is 6.42 Å². The molecule has 0 amide bonds. The van der Waals surface area contributed by atoms with E-state index < -0.39 is 0 Å². The molecule has 2 heteroatoms. The Balaban J connectivity index is 2.16. The van der Waals surface area contributed by atoms with Gasteiger partial charge in [-0.3, -0.25) is 0 Å². The zero-order valence-electron chi connectivity index (χ0n) is 10.8. The molecule has 0 unspecified atom stereocenters. The summed E-state index contributed by atoms with van der Waals surface area (Å²) in [6, 6.07) is 6.51. The van der Waals surface area contributed by atoms with E-state index >= 15 is 0 Å². The average Bonchev–Trinajstić information content (AvgIpc) is 3.00. The maximum Gasteiger partial charge on any atom is 0.0443 e. The normalized spacial score (nSPS) is 17.5. The lowest BCUT2D eigenvalue weighted by molar-refractivity contribution is 0.640. The highest BCUT2D eigenvalue weighted by atomic mass is 35.5. The second-order valence-electron chi connectivity index (χ2n) is 5.41. The lowest BCUT2D eigenvalue weighted by Gasteiger charge is -2.16. The first-order chi connectivity index (χ1) is 8.08. The molecule has 0 saturated heterocycles. The molecule has 1 aromatic carbocycles. The Bertz CT molecular complexity index is 392. The number of rotatable bonds is 5. The summed E-state index contributed by atoms with van der Waals surface area (Å²) in [6.45, 7) is 4.44. The van der Waals surface area contributed by atoms with Gasteiger partial charge in [-0.15, -0.1) is 0 Å². The molecule has 0 spiro atoms. The van der Waals surface area contributed by atoms with E-state index in [-0.39, 0.29) is 5.54 Å². The van der Waals surface area contributed by atoms with Crippen LogP contribution in [-0.4, -0.2) is 5.54 Å². The third-order valence-corrected chi connectivity index (χ3v) is 4.27. The highest BCUT2D eigenvalue weighted by Gasteiger charge is 2.37. The van der Waals surface area contributed by atoms with Crippen LogP contribution >= 0.6 is 11.6 Å². The molecular weight excluding hydrogens is 230 g/mol. The van der Waals surface area contributed by atoms with Gasteiger partial charge in [0.1, 0.15) is 0 Å². The summed E-state index contributed by atoms with van der Waals surface area (Å²) in [6.07, 6.45) is 5.57. The first-order valence-electron chi connectivity index (χ1n) is 6.65. The van der Waals surface area contributed by atoms with Crippen molar-refractivity contribution < 1.29 is 0 Å². The van der Waals surface area contributed by atoms with Crippen molar-refractivity contribution in [2.45, 2.75) is 57.4 Å². The molecule has 2 N–H and O–H groups in total. The standard InChI is InChI=1S/C15H22ClN/c1-3-12(4-2)13-6-5-11(9-14(13)16)10-15(17)7-8-15/h5-6,9,12H,3-4,7-8,10,17H2,1-2H3. The Kier molecular flexibility index (Phi) is 3.79. The summed E-state index contributed by atoms with van der Waals surface area (Å²) in [7, 11) is 0. The summed E-state index contributed by atoms with van der Waals surface area (Å²) in [5.74, 6) is 0.587. The van der Waals surface area contributed by atoms with Crippen LogP contribution in [0.4, 0.5) is 0 Å². The molecule has 2 rings (SSSR count). The summed E-state index contributed by atoms with van der Waals surface area (Å²) < 4.78 is 0. The van der Waals surface area contributed by atoms with E-state index in [0.717, 1.165) is 37.1 Å². The summed E-state index contributed by atoms with van der Waals surface area (Å²) in [5, 5.41) is 0.917. The molecule has 1 nitrogen and oxygen atoms in total. The van der Waals surface area contributed by atoms with Crippen molar-refractivity contribution >= 4 is 11.6 Å². The molecule has 1 aliphatic carbocycles. The third-order valence-electron chi connectivity index (χ3n) is 3.94. The summed E-state index contributed by atoms with van der Waals surface area (Å²) in [5.41, 5.74) is 8.78. The topological polar surface area (TPSA) is 26.0 Å². The number of hydrogen-bond donors (Lipinski definition) is 1. The smallest absolute Gasteiger partial charge is 0.0443 e. The number of benzene rings is 1. The van der Waals surface area contributed by atoms with Crippen LogP contribution in [0.3, 0.4) is 0 Å². The number of hydrogen-bond acceptors (Lipinski definition) is 1. The van der Waals surface area contributed by atoms with Crippen LogP contribution in [0.15, 0.2) is 18.2 Å². The summed E-state index contributed by atoms with van der Waals surface area (Å²) in [4.78, 5) is 0. The highest BCUT2D eigenvalue weighted by Crippen LogP contribution is 2.37. The van der Waals surface area contributed by atoms with E-state index in [1.807, 2.05) is 0 Å². The van der Waals surface area contributed by atoms with Crippen molar-refractivity contribution in [3.8, 4) is 0 Å². The number of nitrogens with two attached hydrogens (primary N) is 1. The van der Waals surface area contributed by atoms with Gasteiger partial charge in [0.2, 0.25) is 0 Å². The minimum atomic E-state index is 0.0692. The van der Waals surface area contributed by atoms with Gasteiger partial charge < -0.3 is 5.73 Å². The van der Waals surface area contributed by atoms with E-state index in [1.54, 1.807) is 0 Å². The first kappa shape index (κ1) is 12.9. The van der Waals surface area contributed by atoms with Gasteiger partial charge >= 0.3 is 0 Å². The minimum Gasteiger partial charge on any atom is -0.325 e. The van der Waals surface area contributed by atoms with Crippen LogP contribution in [0.2, 0.25) is 5.02 Å². The molecule has 1 saturated carbocycles. The molecule has 0 atom stereocenters. The predicted octanol–water partition coefficient (Wildman–Crippen LogP) is 4.28. The molecule has 0 aliphatic heterocycles. The molecule has 0 heterocycles. The van der Waals surface area contributed by atoms with E-state index in [0.29, 0.717) is 5.92 Å². The van der Waals surface area contributed by atoms with Gasteiger partial charge in [-0.25, -0.2) is 0 Å².